The topological polar surface area (TPSA) is 23.6 Å². The van der Waals surface area contributed by atoms with Gasteiger partial charge in [-0.05, 0) is 44.0 Å². The minimum Gasteiger partial charge on any atom is -0.312 e. The molecular formula is C22H26N2O. The lowest BCUT2D eigenvalue weighted by Crippen LogP contribution is -2.57. The molecule has 0 unspecified atom stereocenters. The van der Waals surface area contributed by atoms with Gasteiger partial charge < -0.3 is 9.80 Å². The minimum absolute atomic E-state index is 0.189. The summed E-state index contributed by atoms with van der Waals surface area (Å²) in [5.41, 5.74) is 3.89. The van der Waals surface area contributed by atoms with E-state index in [-0.39, 0.29) is 11.3 Å². The number of hydrogen-bond donors (Lipinski definition) is 0. The number of likely N-dealkylation sites (tertiary alicyclic amines) is 1. The van der Waals surface area contributed by atoms with Crippen LogP contribution in [0, 0.1) is 12.3 Å². The zero-order chi connectivity index (χ0) is 17.3. The maximum absolute atomic E-state index is 12.5. The second kappa shape index (κ2) is 6.64. The van der Waals surface area contributed by atoms with Crippen molar-refractivity contribution >= 4 is 11.6 Å². The quantitative estimate of drug-likeness (QED) is 0.833. The number of benzene rings is 2. The number of carbonyl (C=O) groups excluding carboxylic acids is 1. The Labute approximate surface area is 150 Å². The molecule has 3 nitrogen and oxygen atoms in total. The summed E-state index contributed by atoms with van der Waals surface area (Å²) in [7, 11) is 0. The van der Waals surface area contributed by atoms with Crippen LogP contribution in [-0.2, 0) is 11.2 Å². The first-order valence-corrected chi connectivity index (χ1v) is 9.27. The first-order valence-electron chi connectivity index (χ1n) is 9.27. The molecule has 1 spiro atoms. The Kier molecular flexibility index (Phi) is 4.34. The van der Waals surface area contributed by atoms with Gasteiger partial charge in [0.05, 0.1) is 0 Å². The van der Waals surface area contributed by atoms with E-state index in [1.165, 1.54) is 17.5 Å². The van der Waals surface area contributed by atoms with E-state index in [4.69, 9.17) is 0 Å². The van der Waals surface area contributed by atoms with Crippen molar-refractivity contribution < 1.29 is 4.79 Å². The van der Waals surface area contributed by atoms with Crippen molar-refractivity contribution in [2.45, 2.75) is 26.2 Å². The van der Waals surface area contributed by atoms with Gasteiger partial charge in [-0.15, -0.1) is 0 Å². The fourth-order valence-corrected chi connectivity index (χ4v) is 4.28. The molecule has 2 aliphatic heterocycles. The van der Waals surface area contributed by atoms with Crippen LogP contribution in [0.3, 0.4) is 0 Å². The van der Waals surface area contributed by atoms with E-state index in [1.54, 1.807) is 0 Å². The molecular weight excluding hydrogens is 308 g/mol. The molecule has 0 N–H and O–H groups in total. The van der Waals surface area contributed by atoms with E-state index in [9.17, 15) is 4.79 Å². The van der Waals surface area contributed by atoms with Gasteiger partial charge in [-0.2, -0.15) is 0 Å². The van der Waals surface area contributed by atoms with Crippen LogP contribution >= 0.6 is 0 Å². The van der Waals surface area contributed by atoms with Gasteiger partial charge >= 0.3 is 0 Å². The van der Waals surface area contributed by atoms with Crippen molar-refractivity contribution in [3.8, 4) is 0 Å². The van der Waals surface area contributed by atoms with Gasteiger partial charge in [-0.25, -0.2) is 0 Å². The van der Waals surface area contributed by atoms with E-state index < -0.39 is 0 Å². The number of carbonyl (C=O) groups is 1. The highest BCUT2D eigenvalue weighted by molar-refractivity contribution is 5.96. The Balaban J connectivity index is 1.28. The second-order valence-corrected chi connectivity index (χ2v) is 7.79. The SMILES string of the molecule is Cc1ccc(N2CC3(CC2=O)CN(CCCc2ccccc2)C3)cc1. The Hall–Kier alpha value is -2.13. The third-order valence-electron chi connectivity index (χ3n) is 5.57. The molecule has 25 heavy (non-hydrogen) atoms. The van der Waals surface area contributed by atoms with Crippen molar-refractivity contribution in [2.24, 2.45) is 5.41 Å². The number of nitrogens with zero attached hydrogens (tertiary/aromatic N) is 2. The van der Waals surface area contributed by atoms with Gasteiger partial charge in [0.2, 0.25) is 5.91 Å². The summed E-state index contributed by atoms with van der Waals surface area (Å²) >= 11 is 0. The van der Waals surface area contributed by atoms with Crippen molar-refractivity contribution in [1.82, 2.24) is 4.90 Å². The lowest BCUT2D eigenvalue weighted by molar-refractivity contribution is -0.119. The summed E-state index contributed by atoms with van der Waals surface area (Å²) in [6, 6.07) is 19.0. The smallest absolute Gasteiger partial charge is 0.227 e. The molecule has 0 aliphatic carbocycles. The first kappa shape index (κ1) is 16.3. The van der Waals surface area contributed by atoms with Gasteiger partial charge in [0.15, 0.2) is 0 Å². The predicted molar refractivity (Wildman–Crippen MR) is 102 cm³/mol. The summed E-state index contributed by atoms with van der Waals surface area (Å²) in [6.07, 6.45) is 3.03. The summed E-state index contributed by atoms with van der Waals surface area (Å²) in [5, 5.41) is 0. The van der Waals surface area contributed by atoms with Gasteiger partial charge in [-0.1, -0.05) is 48.0 Å². The molecule has 2 aliphatic rings. The van der Waals surface area contributed by atoms with Crippen molar-refractivity contribution in [1.29, 1.82) is 0 Å². The minimum atomic E-state index is 0.189. The first-order chi connectivity index (χ1) is 12.1. The molecule has 2 fully saturated rings. The molecule has 0 aromatic heterocycles. The summed E-state index contributed by atoms with van der Waals surface area (Å²) in [5.74, 6) is 0.285. The average Bonchev–Trinajstić information content (AvgIpc) is 2.94. The van der Waals surface area contributed by atoms with Crippen LogP contribution in [0.5, 0.6) is 0 Å². The van der Waals surface area contributed by atoms with Crippen molar-refractivity contribution in [3.05, 3.63) is 65.7 Å². The predicted octanol–water partition coefficient (Wildman–Crippen LogP) is 3.67. The molecule has 2 aromatic rings. The van der Waals surface area contributed by atoms with Gasteiger partial charge in [0.25, 0.3) is 0 Å². The summed E-state index contributed by atoms with van der Waals surface area (Å²) in [4.78, 5) is 17.0. The van der Waals surface area contributed by atoms with Gasteiger partial charge in [0, 0.05) is 37.2 Å². The fraction of sp³-hybridized carbons (Fsp3) is 0.409. The maximum atomic E-state index is 12.5. The number of rotatable bonds is 5. The maximum Gasteiger partial charge on any atom is 0.227 e. The van der Waals surface area contributed by atoms with Crippen molar-refractivity contribution in [2.75, 3.05) is 31.1 Å². The number of amides is 1. The fourth-order valence-electron chi connectivity index (χ4n) is 4.28. The zero-order valence-corrected chi connectivity index (χ0v) is 14.9. The van der Waals surface area contributed by atoms with E-state index in [0.29, 0.717) is 6.42 Å². The normalized spacial score (nSPS) is 19.4. The van der Waals surface area contributed by atoms with E-state index in [0.717, 1.165) is 38.3 Å². The molecule has 2 saturated heterocycles. The van der Waals surface area contributed by atoms with E-state index in [1.807, 2.05) is 4.90 Å². The number of anilines is 1. The van der Waals surface area contributed by atoms with Crippen LogP contribution in [-0.4, -0.2) is 37.0 Å². The molecule has 3 heteroatoms. The van der Waals surface area contributed by atoms with Gasteiger partial charge in [0.1, 0.15) is 0 Å². The Bertz CT molecular complexity index is 732. The molecule has 1 amide bonds. The highest BCUT2D eigenvalue weighted by Gasteiger charge is 2.51. The standard InChI is InChI=1S/C22H26N2O/c1-18-9-11-20(12-10-18)24-17-22(14-21(24)25)15-23(16-22)13-5-8-19-6-3-2-4-7-19/h2-4,6-7,9-12H,5,8,13-17H2,1H3. The summed E-state index contributed by atoms with van der Waals surface area (Å²) < 4.78 is 0. The van der Waals surface area contributed by atoms with Crippen LogP contribution in [0.4, 0.5) is 5.69 Å². The molecule has 0 saturated carbocycles. The molecule has 0 bridgehead atoms. The molecule has 2 heterocycles. The van der Waals surface area contributed by atoms with Crippen LogP contribution in [0.15, 0.2) is 54.6 Å². The molecule has 0 radical (unpaired) electrons. The molecule has 130 valence electrons. The monoisotopic (exact) mass is 334 g/mol. The molecule has 2 aromatic carbocycles. The van der Waals surface area contributed by atoms with Crippen molar-refractivity contribution in [3.63, 3.8) is 0 Å². The van der Waals surface area contributed by atoms with E-state index >= 15 is 0 Å². The lowest BCUT2D eigenvalue weighted by atomic mass is 9.79. The average molecular weight is 334 g/mol. The zero-order valence-electron chi connectivity index (χ0n) is 14.9. The van der Waals surface area contributed by atoms with Crippen LogP contribution in [0.1, 0.15) is 24.0 Å². The Morgan fingerprint density at radius 2 is 1.68 bits per heavy atom. The Morgan fingerprint density at radius 3 is 2.40 bits per heavy atom. The molecule has 4 rings (SSSR count). The van der Waals surface area contributed by atoms with Crippen LogP contribution < -0.4 is 4.90 Å². The Morgan fingerprint density at radius 1 is 0.960 bits per heavy atom. The number of aryl methyl sites for hydroxylation is 2. The highest BCUT2D eigenvalue weighted by atomic mass is 16.2. The van der Waals surface area contributed by atoms with E-state index in [2.05, 4.69) is 66.4 Å². The van der Waals surface area contributed by atoms with Crippen LogP contribution in [0.2, 0.25) is 0 Å². The second-order valence-electron chi connectivity index (χ2n) is 7.79. The van der Waals surface area contributed by atoms with Crippen LogP contribution in [0.25, 0.3) is 0 Å². The summed E-state index contributed by atoms with van der Waals surface area (Å²) in [6.45, 7) is 6.22. The number of hydrogen-bond acceptors (Lipinski definition) is 2. The third kappa shape index (κ3) is 3.47. The molecule has 0 atom stereocenters. The largest absolute Gasteiger partial charge is 0.312 e. The highest BCUT2D eigenvalue weighted by Crippen LogP contribution is 2.41. The third-order valence-corrected chi connectivity index (χ3v) is 5.57. The lowest BCUT2D eigenvalue weighted by Gasteiger charge is -2.47. The van der Waals surface area contributed by atoms with Gasteiger partial charge in [-0.3, -0.25) is 4.79 Å².